The lowest BCUT2D eigenvalue weighted by atomic mass is 10.2. The maximum atomic E-state index is 9.95. The molecule has 12 heavy (non-hydrogen) atoms. The van der Waals surface area contributed by atoms with E-state index in [-0.39, 0.29) is 0 Å². The summed E-state index contributed by atoms with van der Waals surface area (Å²) in [7, 11) is 0. The molecule has 0 radical (unpaired) electrons. The van der Waals surface area contributed by atoms with Gasteiger partial charge in [0.1, 0.15) is 0 Å². The lowest BCUT2D eigenvalue weighted by Crippen LogP contribution is -1.81. The number of nitrogens with zero attached hydrogens (tertiary/aromatic N) is 1. The van der Waals surface area contributed by atoms with Gasteiger partial charge in [0.25, 0.3) is 0 Å². The van der Waals surface area contributed by atoms with Gasteiger partial charge in [0.2, 0.25) is 6.20 Å². The van der Waals surface area contributed by atoms with Crippen molar-refractivity contribution in [2.75, 3.05) is 0 Å². The number of benzene rings is 1. The summed E-state index contributed by atoms with van der Waals surface area (Å²) in [5.74, 6) is 0. The molecule has 0 aliphatic carbocycles. The van der Waals surface area contributed by atoms with Crippen molar-refractivity contribution >= 4 is 22.0 Å². The van der Waals surface area contributed by atoms with Crippen LogP contribution in [0.5, 0.6) is 0 Å². The van der Waals surface area contributed by atoms with Crippen LogP contribution in [0, 0.1) is 10.1 Å². The van der Waals surface area contributed by atoms with E-state index in [0.29, 0.717) is 0 Å². The third kappa shape index (κ3) is 2.84. The first kappa shape index (κ1) is 8.93. The fourth-order valence-electron chi connectivity index (χ4n) is 0.721. The molecule has 0 aliphatic heterocycles. The van der Waals surface area contributed by atoms with E-state index in [1.54, 1.807) is 12.1 Å². The quantitative estimate of drug-likeness (QED) is 0.576. The van der Waals surface area contributed by atoms with Crippen molar-refractivity contribution in [2.24, 2.45) is 0 Å². The summed E-state index contributed by atoms with van der Waals surface area (Å²) < 4.78 is 0.959. The van der Waals surface area contributed by atoms with Crippen LogP contribution in [0.3, 0.4) is 0 Å². The SMILES string of the molecule is O=[N+]([O-])/C=C\c1ccc(Br)cc1. The molecule has 0 unspecified atom stereocenters. The zero-order valence-electron chi connectivity index (χ0n) is 6.11. The van der Waals surface area contributed by atoms with E-state index < -0.39 is 4.92 Å². The van der Waals surface area contributed by atoms with E-state index in [0.717, 1.165) is 16.2 Å². The van der Waals surface area contributed by atoms with Gasteiger partial charge in [-0.25, -0.2) is 0 Å². The van der Waals surface area contributed by atoms with Gasteiger partial charge < -0.3 is 0 Å². The second-order valence-corrected chi connectivity index (χ2v) is 3.07. The van der Waals surface area contributed by atoms with Crippen LogP contribution in [0.15, 0.2) is 34.9 Å². The summed E-state index contributed by atoms with van der Waals surface area (Å²) in [6, 6.07) is 7.26. The minimum Gasteiger partial charge on any atom is -0.259 e. The standard InChI is InChI=1S/C8H6BrNO2/c9-8-3-1-7(2-4-8)5-6-10(11)12/h1-6H/b6-5-. The predicted octanol–water partition coefficient (Wildman–Crippen LogP) is 2.70. The van der Waals surface area contributed by atoms with Crippen LogP contribution < -0.4 is 0 Å². The van der Waals surface area contributed by atoms with E-state index in [2.05, 4.69) is 15.9 Å². The fraction of sp³-hybridized carbons (Fsp3) is 0. The van der Waals surface area contributed by atoms with Gasteiger partial charge in [0.05, 0.1) is 4.92 Å². The van der Waals surface area contributed by atoms with Crippen LogP contribution in [0.4, 0.5) is 0 Å². The Balaban J connectivity index is 2.77. The van der Waals surface area contributed by atoms with Gasteiger partial charge in [0, 0.05) is 10.5 Å². The predicted molar refractivity (Wildman–Crippen MR) is 50.2 cm³/mol. The number of halogens is 1. The van der Waals surface area contributed by atoms with Crippen molar-refractivity contribution < 1.29 is 4.92 Å². The van der Waals surface area contributed by atoms with Gasteiger partial charge in [-0.1, -0.05) is 28.1 Å². The van der Waals surface area contributed by atoms with E-state index in [1.165, 1.54) is 6.08 Å². The van der Waals surface area contributed by atoms with Gasteiger partial charge in [-0.05, 0) is 17.7 Å². The molecule has 3 nitrogen and oxygen atoms in total. The molecular weight excluding hydrogens is 222 g/mol. The molecular formula is C8H6BrNO2. The highest BCUT2D eigenvalue weighted by atomic mass is 79.9. The lowest BCUT2D eigenvalue weighted by molar-refractivity contribution is -0.400. The fourth-order valence-corrected chi connectivity index (χ4v) is 0.985. The molecule has 0 amide bonds. The van der Waals surface area contributed by atoms with Crippen LogP contribution >= 0.6 is 15.9 Å². The topological polar surface area (TPSA) is 43.1 Å². The van der Waals surface area contributed by atoms with E-state index >= 15 is 0 Å². The summed E-state index contributed by atoms with van der Waals surface area (Å²) in [6.07, 6.45) is 2.37. The highest BCUT2D eigenvalue weighted by Gasteiger charge is 1.89. The van der Waals surface area contributed by atoms with Crippen molar-refractivity contribution in [1.29, 1.82) is 0 Å². The Hall–Kier alpha value is -1.16. The van der Waals surface area contributed by atoms with Crippen molar-refractivity contribution in [2.45, 2.75) is 0 Å². The minimum atomic E-state index is -0.484. The van der Waals surface area contributed by atoms with Crippen LogP contribution in [0.1, 0.15) is 5.56 Å². The Morgan fingerprint density at radius 2 is 1.92 bits per heavy atom. The molecule has 0 spiro atoms. The lowest BCUT2D eigenvalue weighted by Gasteiger charge is -1.90. The number of nitro groups is 1. The van der Waals surface area contributed by atoms with Crippen molar-refractivity contribution in [1.82, 2.24) is 0 Å². The average Bonchev–Trinajstić information content (AvgIpc) is 2.03. The van der Waals surface area contributed by atoms with Crippen molar-refractivity contribution in [3.8, 4) is 0 Å². The van der Waals surface area contributed by atoms with Crippen LogP contribution in [-0.4, -0.2) is 4.92 Å². The third-order valence-corrected chi connectivity index (χ3v) is 1.79. The molecule has 1 aromatic carbocycles. The smallest absolute Gasteiger partial charge is 0.235 e. The molecule has 62 valence electrons. The summed E-state index contributed by atoms with van der Waals surface area (Å²) in [5, 5.41) is 9.95. The highest BCUT2D eigenvalue weighted by Crippen LogP contribution is 2.11. The third-order valence-electron chi connectivity index (χ3n) is 1.26. The van der Waals surface area contributed by atoms with E-state index in [4.69, 9.17) is 0 Å². The van der Waals surface area contributed by atoms with Crippen LogP contribution in [0.2, 0.25) is 0 Å². The molecule has 4 heteroatoms. The molecule has 0 heterocycles. The molecule has 0 saturated heterocycles. The second kappa shape index (κ2) is 4.01. The van der Waals surface area contributed by atoms with Crippen molar-refractivity contribution in [3.63, 3.8) is 0 Å². The Morgan fingerprint density at radius 3 is 2.42 bits per heavy atom. The Labute approximate surface area is 78.0 Å². The van der Waals surface area contributed by atoms with Gasteiger partial charge in [-0.15, -0.1) is 0 Å². The summed E-state index contributed by atoms with van der Waals surface area (Å²) in [6.45, 7) is 0. The number of hydrogen-bond acceptors (Lipinski definition) is 2. The van der Waals surface area contributed by atoms with Gasteiger partial charge in [-0.2, -0.15) is 0 Å². The summed E-state index contributed by atoms with van der Waals surface area (Å²) in [5.41, 5.74) is 0.815. The maximum Gasteiger partial charge on any atom is 0.235 e. The molecule has 1 rings (SSSR count). The molecule has 1 aromatic rings. The molecule has 0 aromatic heterocycles. The normalized spacial score (nSPS) is 10.4. The van der Waals surface area contributed by atoms with Crippen LogP contribution in [-0.2, 0) is 0 Å². The highest BCUT2D eigenvalue weighted by molar-refractivity contribution is 9.10. The zero-order valence-corrected chi connectivity index (χ0v) is 7.69. The molecule has 0 N–H and O–H groups in total. The van der Waals surface area contributed by atoms with Crippen molar-refractivity contribution in [3.05, 3.63) is 50.6 Å². The molecule has 0 fully saturated rings. The summed E-state index contributed by atoms with van der Waals surface area (Å²) in [4.78, 5) is 9.46. The van der Waals surface area contributed by atoms with Gasteiger partial charge in [0.15, 0.2) is 0 Å². The summed E-state index contributed by atoms with van der Waals surface area (Å²) >= 11 is 3.27. The number of hydrogen-bond donors (Lipinski definition) is 0. The first-order valence-electron chi connectivity index (χ1n) is 3.26. The largest absolute Gasteiger partial charge is 0.259 e. The Bertz CT molecular complexity index is 305. The van der Waals surface area contributed by atoms with E-state index in [1.807, 2.05) is 12.1 Å². The number of rotatable bonds is 2. The zero-order chi connectivity index (χ0) is 8.97. The maximum absolute atomic E-state index is 9.95. The average molecular weight is 228 g/mol. The molecule has 0 saturated carbocycles. The van der Waals surface area contributed by atoms with E-state index in [9.17, 15) is 10.1 Å². The Morgan fingerprint density at radius 1 is 1.33 bits per heavy atom. The molecule has 0 atom stereocenters. The van der Waals surface area contributed by atoms with Crippen LogP contribution in [0.25, 0.3) is 6.08 Å². The first-order valence-corrected chi connectivity index (χ1v) is 4.05. The van der Waals surface area contributed by atoms with Gasteiger partial charge >= 0.3 is 0 Å². The van der Waals surface area contributed by atoms with Gasteiger partial charge in [-0.3, -0.25) is 10.1 Å². The second-order valence-electron chi connectivity index (χ2n) is 2.15. The first-order chi connectivity index (χ1) is 5.68. The monoisotopic (exact) mass is 227 g/mol. The molecule has 0 aliphatic rings. The molecule has 0 bridgehead atoms. The minimum absolute atomic E-state index is 0.484. The Kier molecular flexibility index (Phi) is 2.99.